The summed E-state index contributed by atoms with van der Waals surface area (Å²) in [5, 5.41) is 0. The molecule has 3 heterocycles. The molecule has 1 fully saturated rings. The first kappa shape index (κ1) is 13.6. The molecule has 2 N–H and O–H groups in total. The number of hydrogen-bond acceptors (Lipinski definition) is 7. The van der Waals surface area contributed by atoms with Crippen LogP contribution in [0.15, 0.2) is 30.9 Å². The molecule has 2 aromatic heterocycles. The van der Waals surface area contributed by atoms with Gasteiger partial charge in [0, 0.05) is 32.4 Å². The van der Waals surface area contributed by atoms with Gasteiger partial charge in [-0.3, -0.25) is 4.98 Å². The van der Waals surface area contributed by atoms with Crippen molar-refractivity contribution in [2.45, 2.75) is 0 Å². The summed E-state index contributed by atoms with van der Waals surface area (Å²) in [5.74, 6) is 1.70. The Morgan fingerprint density at radius 2 is 2.00 bits per heavy atom. The maximum Gasteiger partial charge on any atom is 0.248 e. The molecule has 0 aliphatic carbocycles. The SMILES string of the molecule is CN1CCN(c2ncnc(Oc3cccnc3)c2N)CC1. The summed E-state index contributed by atoms with van der Waals surface area (Å²) in [5.41, 5.74) is 6.63. The van der Waals surface area contributed by atoms with E-state index in [1.807, 2.05) is 6.07 Å². The molecule has 0 amide bonds. The molecule has 0 radical (unpaired) electrons. The number of nitrogens with two attached hydrogens (primary N) is 1. The summed E-state index contributed by atoms with van der Waals surface area (Å²) in [7, 11) is 2.11. The molecule has 7 nitrogen and oxygen atoms in total. The minimum absolute atomic E-state index is 0.368. The molecule has 0 unspecified atom stereocenters. The van der Waals surface area contributed by atoms with E-state index < -0.39 is 0 Å². The number of hydrogen-bond donors (Lipinski definition) is 1. The Morgan fingerprint density at radius 3 is 2.71 bits per heavy atom. The topological polar surface area (TPSA) is 80.4 Å². The second-order valence-electron chi connectivity index (χ2n) is 5.00. The number of likely N-dealkylation sites (N-methyl/N-ethyl adjacent to an activating group) is 1. The molecule has 3 rings (SSSR count). The van der Waals surface area contributed by atoms with Crippen LogP contribution in [0.25, 0.3) is 0 Å². The molecular weight excluding hydrogens is 268 g/mol. The highest BCUT2D eigenvalue weighted by molar-refractivity contribution is 5.68. The number of aromatic nitrogens is 3. The molecule has 0 atom stereocenters. The Labute approximate surface area is 123 Å². The average molecular weight is 286 g/mol. The monoisotopic (exact) mass is 286 g/mol. The number of ether oxygens (including phenoxy) is 1. The molecule has 1 saturated heterocycles. The predicted molar refractivity (Wildman–Crippen MR) is 80.5 cm³/mol. The summed E-state index contributed by atoms with van der Waals surface area (Å²) in [6.07, 6.45) is 4.79. The highest BCUT2D eigenvalue weighted by atomic mass is 16.5. The molecule has 2 aromatic rings. The zero-order valence-electron chi connectivity index (χ0n) is 11.9. The second kappa shape index (κ2) is 5.92. The number of nitrogen functional groups attached to an aromatic ring is 1. The summed E-state index contributed by atoms with van der Waals surface area (Å²) in [4.78, 5) is 16.9. The van der Waals surface area contributed by atoms with Gasteiger partial charge in [-0.1, -0.05) is 0 Å². The van der Waals surface area contributed by atoms with Crippen LogP contribution in [-0.2, 0) is 0 Å². The van der Waals surface area contributed by atoms with Gasteiger partial charge >= 0.3 is 0 Å². The van der Waals surface area contributed by atoms with Crippen LogP contribution >= 0.6 is 0 Å². The Kier molecular flexibility index (Phi) is 3.83. The molecule has 21 heavy (non-hydrogen) atoms. The fourth-order valence-electron chi connectivity index (χ4n) is 2.24. The van der Waals surface area contributed by atoms with Gasteiger partial charge in [0.05, 0.1) is 6.20 Å². The first-order valence-corrected chi connectivity index (χ1v) is 6.86. The van der Waals surface area contributed by atoms with Gasteiger partial charge in [0.1, 0.15) is 17.8 Å². The Hall–Kier alpha value is -2.41. The molecule has 1 aliphatic heterocycles. The molecule has 0 saturated carbocycles. The number of anilines is 2. The van der Waals surface area contributed by atoms with E-state index in [1.165, 1.54) is 6.33 Å². The highest BCUT2D eigenvalue weighted by Crippen LogP contribution is 2.31. The van der Waals surface area contributed by atoms with E-state index in [9.17, 15) is 0 Å². The third kappa shape index (κ3) is 3.03. The molecular formula is C14H18N6O. The lowest BCUT2D eigenvalue weighted by Gasteiger charge is -2.33. The van der Waals surface area contributed by atoms with E-state index in [4.69, 9.17) is 10.5 Å². The van der Waals surface area contributed by atoms with E-state index >= 15 is 0 Å². The Morgan fingerprint density at radius 1 is 1.19 bits per heavy atom. The van der Waals surface area contributed by atoms with Crippen molar-refractivity contribution in [1.82, 2.24) is 19.9 Å². The molecule has 1 aliphatic rings. The van der Waals surface area contributed by atoms with Crippen LogP contribution in [0.5, 0.6) is 11.6 Å². The van der Waals surface area contributed by atoms with Crippen molar-refractivity contribution in [2.75, 3.05) is 43.9 Å². The second-order valence-corrected chi connectivity index (χ2v) is 5.00. The van der Waals surface area contributed by atoms with Crippen molar-refractivity contribution in [3.63, 3.8) is 0 Å². The van der Waals surface area contributed by atoms with Crippen molar-refractivity contribution in [3.05, 3.63) is 30.9 Å². The summed E-state index contributed by atoms with van der Waals surface area (Å²) >= 11 is 0. The van der Waals surface area contributed by atoms with Crippen LogP contribution in [0, 0.1) is 0 Å². The van der Waals surface area contributed by atoms with E-state index in [2.05, 4.69) is 31.8 Å². The maximum absolute atomic E-state index is 6.17. The molecule has 7 heteroatoms. The number of pyridine rings is 1. The predicted octanol–water partition coefficient (Wildman–Crippen LogP) is 0.998. The van der Waals surface area contributed by atoms with E-state index in [0.29, 0.717) is 17.3 Å². The van der Waals surface area contributed by atoms with Crippen molar-refractivity contribution in [1.29, 1.82) is 0 Å². The van der Waals surface area contributed by atoms with E-state index in [1.54, 1.807) is 18.5 Å². The lowest BCUT2D eigenvalue weighted by molar-refractivity contribution is 0.312. The van der Waals surface area contributed by atoms with Crippen LogP contribution in [0.1, 0.15) is 0 Å². The first-order chi connectivity index (χ1) is 10.2. The summed E-state index contributed by atoms with van der Waals surface area (Å²) in [6.45, 7) is 3.76. The van der Waals surface area contributed by atoms with Crippen LogP contribution in [0.2, 0.25) is 0 Å². The van der Waals surface area contributed by atoms with Gasteiger partial charge < -0.3 is 20.3 Å². The van der Waals surface area contributed by atoms with Crippen molar-refractivity contribution >= 4 is 11.5 Å². The minimum atomic E-state index is 0.368. The van der Waals surface area contributed by atoms with Crippen molar-refractivity contribution < 1.29 is 4.74 Å². The first-order valence-electron chi connectivity index (χ1n) is 6.86. The highest BCUT2D eigenvalue weighted by Gasteiger charge is 2.20. The lowest BCUT2D eigenvalue weighted by Crippen LogP contribution is -2.45. The Balaban J connectivity index is 1.82. The standard InChI is InChI=1S/C14H18N6O/c1-19-5-7-20(8-6-19)13-12(15)14(18-10-17-13)21-11-3-2-4-16-9-11/h2-4,9-10H,5-8,15H2,1H3. The van der Waals surface area contributed by atoms with Crippen LogP contribution in [0.3, 0.4) is 0 Å². The van der Waals surface area contributed by atoms with Crippen LogP contribution < -0.4 is 15.4 Å². The van der Waals surface area contributed by atoms with Gasteiger partial charge in [-0.15, -0.1) is 0 Å². The van der Waals surface area contributed by atoms with E-state index in [-0.39, 0.29) is 0 Å². The smallest absolute Gasteiger partial charge is 0.248 e. The third-order valence-corrected chi connectivity index (χ3v) is 3.48. The zero-order valence-corrected chi connectivity index (χ0v) is 11.9. The summed E-state index contributed by atoms with van der Waals surface area (Å²) in [6, 6.07) is 3.61. The van der Waals surface area contributed by atoms with Crippen molar-refractivity contribution in [3.8, 4) is 11.6 Å². The Bertz CT molecular complexity index is 598. The van der Waals surface area contributed by atoms with Gasteiger partial charge in [0.15, 0.2) is 5.82 Å². The maximum atomic E-state index is 6.17. The van der Waals surface area contributed by atoms with Crippen LogP contribution in [0.4, 0.5) is 11.5 Å². The lowest BCUT2D eigenvalue weighted by atomic mass is 10.3. The fourth-order valence-corrected chi connectivity index (χ4v) is 2.24. The van der Waals surface area contributed by atoms with Gasteiger partial charge in [-0.25, -0.2) is 4.98 Å². The van der Waals surface area contributed by atoms with Gasteiger partial charge in [0.2, 0.25) is 5.88 Å². The number of rotatable bonds is 3. The molecule has 0 spiro atoms. The zero-order chi connectivity index (χ0) is 14.7. The number of nitrogens with zero attached hydrogens (tertiary/aromatic N) is 5. The fraction of sp³-hybridized carbons (Fsp3) is 0.357. The van der Waals surface area contributed by atoms with Crippen LogP contribution in [-0.4, -0.2) is 53.1 Å². The quantitative estimate of drug-likeness (QED) is 0.901. The summed E-state index contributed by atoms with van der Waals surface area (Å²) < 4.78 is 5.69. The molecule has 110 valence electrons. The largest absolute Gasteiger partial charge is 0.435 e. The molecule has 0 aromatic carbocycles. The normalized spacial score (nSPS) is 16.0. The van der Waals surface area contributed by atoms with Gasteiger partial charge in [0.25, 0.3) is 0 Å². The van der Waals surface area contributed by atoms with Crippen molar-refractivity contribution in [2.24, 2.45) is 0 Å². The van der Waals surface area contributed by atoms with E-state index in [0.717, 1.165) is 32.0 Å². The van der Waals surface area contributed by atoms with Gasteiger partial charge in [-0.05, 0) is 19.2 Å². The average Bonchev–Trinajstić information content (AvgIpc) is 2.52. The minimum Gasteiger partial charge on any atom is -0.435 e. The number of piperazine rings is 1. The van der Waals surface area contributed by atoms with Gasteiger partial charge in [-0.2, -0.15) is 4.98 Å². The molecule has 0 bridgehead atoms. The third-order valence-electron chi connectivity index (χ3n) is 3.48.